The third-order valence-electron chi connectivity index (χ3n) is 2.90. The van der Waals surface area contributed by atoms with Gasteiger partial charge in [0, 0.05) is 19.7 Å². The van der Waals surface area contributed by atoms with Gasteiger partial charge in [-0.1, -0.05) is 0 Å². The lowest BCUT2D eigenvalue weighted by molar-refractivity contribution is 0.171. The number of benzene rings is 1. The largest absolute Gasteiger partial charge is 0.486 e. The molecule has 0 fully saturated rings. The zero-order chi connectivity index (χ0) is 13.9. The highest BCUT2D eigenvalue weighted by Crippen LogP contribution is 2.32. The van der Waals surface area contributed by atoms with E-state index >= 15 is 0 Å². The fourth-order valence-electron chi connectivity index (χ4n) is 1.80. The summed E-state index contributed by atoms with van der Waals surface area (Å²) in [5.41, 5.74) is 5.39. The van der Waals surface area contributed by atoms with Crippen molar-refractivity contribution >= 4 is 10.0 Å². The first-order valence-corrected chi connectivity index (χ1v) is 7.56. The summed E-state index contributed by atoms with van der Waals surface area (Å²) in [5, 5.41) is 0. The van der Waals surface area contributed by atoms with E-state index in [1.54, 1.807) is 13.1 Å². The molecule has 7 heteroatoms. The van der Waals surface area contributed by atoms with Crippen molar-refractivity contribution in [1.82, 2.24) is 4.31 Å². The Hall–Kier alpha value is -1.31. The Balaban J connectivity index is 2.25. The lowest BCUT2D eigenvalue weighted by Crippen LogP contribution is -2.29. The van der Waals surface area contributed by atoms with Gasteiger partial charge in [-0.25, -0.2) is 12.7 Å². The van der Waals surface area contributed by atoms with Crippen LogP contribution in [0.15, 0.2) is 23.1 Å². The molecule has 6 nitrogen and oxygen atoms in total. The second-order valence-electron chi connectivity index (χ2n) is 4.27. The SMILES string of the molecule is CN(CCCN)S(=O)(=O)c1ccc2c(c1)OCCO2. The van der Waals surface area contributed by atoms with Crippen LogP contribution < -0.4 is 15.2 Å². The van der Waals surface area contributed by atoms with Gasteiger partial charge in [-0.15, -0.1) is 0 Å². The Morgan fingerprint density at radius 2 is 1.95 bits per heavy atom. The zero-order valence-corrected chi connectivity index (χ0v) is 11.6. The Labute approximate surface area is 113 Å². The standard InChI is InChI=1S/C12H18N2O4S/c1-14(6-2-5-13)19(15,16)10-3-4-11-12(9-10)18-8-7-17-11/h3-4,9H,2,5-8,13H2,1H3. The molecular weight excluding hydrogens is 268 g/mol. The predicted molar refractivity (Wildman–Crippen MR) is 70.9 cm³/mol. The van der Waals surface area contributed by atoms with Gasteiger partial charge in [0.05, 0.1) is 4.90 Å². The zero-order valence-electron chi connectivity index (χ0n) is 10.8. The molecule has 106 valence electrons. The molecule has 19 heavy (non-hydrogen) atoms. The minimum absolute atomic E-state index is 0.205. The molecule has 1 aliphatic heterocycles. The molecule has 0 spiro atoms. The Morgan fingerprint density at radius 3 is 2.63 bits per heavy atom. The minimum atomic E-state index is -3.50. The topological polar surface area (TPSA) is 81.9 Å². The van der Waals surface area contributed by atoms with Gasteiger partial charge in [0.2, 0.25) is 10.0 Å². The molecule has 2 N–H and O–H groups in total. The van der Waals surface area contributed by atoms with E-state index in [2.05, 4.69) is 0 Å². The highest BCUT2D eigenvalue weighted by atomic mass is 32.2. The molecule has 0 atom stereocenters. The first-order chi connectivity index (χ1) is 9.05. The van der Waals surface area contributed by atoms with Crippen LogP contribution in [0, 0.1) is 0 Å². The lowest BCUT2D eigenvalue weighted by Gasteiger charge is -2.21. The monoisotopic (exact) mass is 286 g/mol. The highest BCUT2D eigenvalue weighted by molar-refractivity contribution is 7.89. The number of ether oxygens (including phenoxy) is 2. The normalized spacial score (nSPS) is 14.7. The number of hydrogen-bond donors (Lipinski definition) is 1. The third kappa shape index (κ3) is 2.99. The van der Waals surface area contributed by atoms with E-state index in [0.29, 0.717) is 44.2 Å². The van der Waals surface area contributed by atoms with Crippen LogP contribution in [0.2, 0.25) is 0 Å². The van der Waals surface area contributed by atoms with Gasteiger partial charge < -0.3 is 15.2 Å². The molecule has 0 radical (unpaired) electrons. The Kier molecular flexibility index (Phi) is 4.28. The summed E-state index contributed by atoms with van der Waals surface area (Å²) in [4.78, 5) is 0.205. The number of fused-ring (bicyclic) bond motifs is 1. The van der Waals surface area contributed by atoms with Crippen molar-refractivity contribution in [2.45, 2.75) is 11.3 Å². The Morgan fingerprint density at radius 1 is 1.26 bits per heavy atom. The summed E-state index contributed by atoms with van der Waals surface area (Å²) in [5.74, 6) is 1.05. The number of hydrogen-bond acceptors (Lipinski definition) is 5. The predicted octanol–water partition coefficient (Wildman–Crippen LogP) is 0.427. The molecule has 1 aliphatic rings. The van der Waals surface area contributed by atoms with Crippen LogP contribution in [0.25, 0.3) is 0 Å². The van der Waals surface area contributed by atoms with Crippen molar-refractivity contribution in [2.75, 3.05) is 33.4 Å². The lowest BCUT2D eigenvalue weighted by atomic mass is 10.3. The number of nitrogens with two attached hydrogens (primary N) is 1. The van der Waals surface area contributed by atoms with Gasteiger partial charge in [-0.2, -0.15) is 0 Å². The van der Waals surface area contributed by atoms with Gasteiger partial charge >= 0.3 is 0 Å². The second kappa shape index (κ2) is 5.77. The summed E-state index contributed by atoms with van der Waals surface area (Å²) in [6, 6.07) is 4.66. The second-order valence-corrected chi connectivity index (χ2v) is 6.32. The van der Waals surface area contributed by atoms with Crippen LogP contribution in [-0.2, 0) is 10.0 Å². The fourth-order valence-corrected chi connectivity index (χ4v) is 3.02. The van der Waals surface area contributed by atoms with E-state index < -0.39 is 10.0 Å². The summed E-state index contributed by atoms with van der Waals surface area (Å²) in [6.07, 6.45) is 0.625. The minimum Gasteiger partial charge on any atom is -0.486 e. The molecule has 1 aromatic carbocycles. The molecule has 0 aliphatic carbocycles. The van der Waals surface area contributed by atoms with Crippen LogP contribution in [0.1, 0.15) is 6.42 Å². The van der Waals surface area contributed by atoms with Gasteiger partial charge in [0.25, 0.3) is 0 Å². The van der Waals surface area contributed by atoms with Crippen molar-refractivity contribution in [1.29, 1.82) is 0 Å². The summed E-state index contributed by atoms with van der Waals surface area (Å²) < 4.78 is 36.7. The number of rotatable bonds is 5. The van der Waals surface area contributed by atoms with E-state index in [1.807, 2.05) is 0 Å². The first kappa shape index (κ1) is 14.1. The average molecular weight is 286 g/mol. The molecule has 0 unspecified atom stereocenters. The van der Waals surface area contributed by atoms with Crippen molar-refractivity contribution in [3.8, 4) is 11.5 Å². The number of nitrogens with zero attached hydrogens (tertiary/aromatic N) is 1. The van der Waals surface area contributed by atoms with Crippen LogP contribution in [0.5, 0.6) is 11.5 Å². The fraction of sp³-hybridized carbons (Fsp3) is 0.500. The maximum absolute atomic E-state index is 12.3. The van der Waals surface area contributed by atoms with Crippen molar-refractivity contribution < 1.29 is 17.9 Å². The molecule has 0 saturated heterocycles. The molecular formula is C12H18N2O4S. The van der Waals surface area contributed by atoms with Gasteiger partial charge in [0.1, 0.15) is 13.2 Å². The van der Waals surface area contributed by atoms with E-state index in [0.717, 1.165) is 0 Å². The van der Waals surface area contributed by atoms with Gasteiger partial charge in [-0.05, 0) is 25.1 Å². The summed E-state index contributed by atoms with van der Waals surface area (Å²) >= 11 is 0. The highest BCUT2D eigenvalue weighted by Gasteiger charge is 2.23. The molecule has 0 bridgehead atoms. The van der Waals surface area contributed by atoms with Crippen molar-refractivity contribution in [2.24, 2.45) is 5.73 Å². The van der Waals surface area contributed by atoms with E-state index in [1.165, 1.54) is 16.4 Å². The molecule has 0 saturated carbocycles. The van der Waals surface area contributed by atoms with Crippen LogP contribution >= 0.6 is 0 Å². The average Bonchev–Trinajstić information content (AvgIpc) is 2.44. The van der Waals surface area contributed by atoms with Gasteiger partial charge in [0.15, 0.2) is 11.5 Å². The van der Waals surface area contributed by atoms with E-state index in [9.17, 15) is 8.42 Å². The maximum Gasteiger partial charge on any atom is 0.242 e. The molecule has 0 amide bonds. The molecule has 1 heterocycles. The third-order valence-corrected chi connectivity index (χ3v) is 4.75. The van der Waals surface area contributed by atoms with E-state index in [-0.39, 0.29) is 4.90 Å². The number of sulfonamides is 1. The molecule has 1 aromatic rings. The molecule has 2 rings (SSSR count). The maximum atomic E-state index is 12.3. The Bertz CT molecular complexity index is 545. The van der Waals surface area contributed by atoms with Crippen molar-refractivity contribution in [3.63, 3.8) is 0 Å². The van der Waals surface area contributed by atoms with Gasteiger partial charge in [-0.3, -0.25) is 0 Å². The van der Waals surface area contributed by atoms with E-state index in [4.69, 9.17) is 15.2 Å². The quantitative estimate of drug-likeness (QED) is 0.848. The molecule has 0 aromatic heterocycles. The van der Waals surface area contributed by atoms with Crippen LogP contribution in [0.3, 0.4) is 0 Å². The van der Waals surface area contributed by atoms with Crippen LogP contribution in [-0.4, -0.2) is 46.1 Å². The van der Waals surface area contributed by atoms with Crippen molar-refractivity contribution in [3.05, 3.63) is 18.2 Å². The van der Waals surface area contributed by atoms with Crippen LogP contribution in [0.4, 0.5) is 0 Å². The summed E-state index contributed by atoms with van der Waals surface area (Å²) in [7, 11) is -1.96. The smallest absolute Gasteiger partial charge is 0.242 e. The first-order valence-electron chi connectivity index (χ1n) is 6.12. The summed E-state index contributed by atoms with van der Waals surface area (Å²) in [6.45, 7) is 1.77.